The minimum absolute atomic E-state index is 0.0748. The van der Waals surface area contributed by atoms with Gasteiger partial charge >= 0.3 is 0 Å². The van der Waals surface area contributed by atoms with E-state index in [0.717, 1.165) is 42.6 Å². The van der Waals surface area contributed by atoms with Crippen molar-refractivity contribution in [2.75, 3.05) is 18.1 Å². The zero-order chi connectivity index (χ0) is 30.2. The fraction of sp³-hybridized carbons (Fsp3) is 0.568. The number of rotatable bonds is 19. The molecule has 4 nitrogen and oxygen atoms in total. The summed E-state index contributed by atoms with van der Waals surface area (Å²) in [5, 5.41) is 0. The lowest BCUT2D eigenvalue weighted by Gasteiger charge is -2.33. The van der Waals surface area contributed by atoms with Crippen LogP contribution in [0, 0.1) is 11.2 Å². The molecule has 2 aromatic carbocycles. The van der Waals surface area contributed by atoms with Crippen LogP contribution in [0.15, 0.2) is 59.1 Å². The molecule has 0 N–H and O–H groups in total. The van der Waals surface area contributed by atoms with E-state index in [2.05, 4.69) is 37.9 Å². The minimum atomic E-state index is -0.378. The van der Waals surface area contributed by atoms with Gasteiger partial charge in [-0.3, -0.25) is 9.79 Å². The molecule has 0 spiro atoms. The summed E-state index contributed by atoms with van der Waals surface area (Å²) in [6.45, 7) is 9.73. The number of dihydropyridines is 1. The van der Waals surface area contributed by atoms with Crippen LogP contribution in [0.4, 0.5) is 10.1 Å². The summed E-state index contributed by atoms with van der Waals surface area (Å²) in [6.07, 6.45) is 20.1. The zero-order valence-electron chi connectivity index (χ0n) is 26.6. The lowest BCUT2D eigenvalue weighted by atomic mass is 9.76. The van der Waals surface area contributed by atoms with Gasteiger partial charge < -0.3 is 9.64 Å². The van der Waals surface area contributed by atoms with Crippen molar-refractivity contribution in [3.63, 3.8) is 0 Å². The molecule has 0 saturated heterocycles. The van der Waals surface area contributed by atoms with Gasteiger partial charge in [0.2, 0.25) is 5.91 Å². The van der Waals surface area contributed by atoms with Gasteiger partial charge in [0, 0.05) is 30.8 Å². The molecule has 3 rings (SSSR count). The molecule has 1 heterocycles. The molecule has 5 heteroatoms. The topological polar surface area (TPSA) is 41.9 Å². The summed E-state index contributed by atoms with van der Waals surface area (Å²) in [4.78, 5) is 19.0. The van der Waals surface area contributed by atoms with Crippen LogP contribution in [-0.4, -0.2) is 25.3 Å². The number of carbonyl (C=O) groups excluding carboxylic acids is 1. The summed E-state index contributed by atoms with van der Waals surface area (Å²) in [5.74, 6) is -0.171. The molecule has 230 valence electrons. The molecule has 42 heavy (non-hydrogen) atoms. The van der Waals surface area contributed by atoms with Crippen LogP contribution in [0.25, 0.3) is 0 Å². The highest BCUT2D eigenvalue weighted by atomic mass is 19.1. The summed E-state index contributed by atoms with van der Waals surface area (Å²) in [7, 11) is 0. The van der Waals surface area contributed by atoms with Crippen molar-refractivity contribution < 1.29 is 13.9 Å². The van der Waals surface area contributed by atoms with Crippen LogP contribution in [0.2, 0.25) is 0 Å². The lowest BCUT2D eigenvalue weighted by Crippen LogP contribution is -2.31. The molecule has 1 amide bonds. The van der Waals surface area contributed by atoms with Crippen LogP contribution >= 0.6 is 0 Å². The number of nitrogens with zero attached hydrogens (tertiary/aromatic N) is 2. The largest absolute Gasteiger partial charge is 0.491 e. The van der Waals surface area contributed by atoms with Gasteiger partial charge in [-0.15, -0.1) is 0 Å². The molecule has 0 radical (unpaired) electrons. The Morgan fingerprint density at radius 2 is 1.60 bits per heavy atom. The van der Waals surface area contributed by atoms with E-state index in [1.54, 1.807) is 17.9 Å². The van der Waals surface area contributed by atoms with Crippen LogP contribution in [-0.2, 0) is 17.8 Å². The van der Waals surface area contributed by atoms with Crippen molar-refractivity contribution >= 4 is 17.8 Å². The monoisotopic (exact) mass is 576 g/mol. The molecule has 0 aromatic heterocycles. The number of allylic oxidation sites excluding steroid dienone is 1. The van der Waals surface area contributed by atoms with Gasteiger partial charge in [0.15, 0.2) is 11.6 Å². The quantitative estimate of drug-likeness (QED) is 0.156. The van der Waals surface area contributed by atoms with E-state index < -0.39 is 0 Å². The first-order chi connectivity index (χ1) is 20.3. The summed E-state index contributed by atoms with van der Waals surface area (Å²) in [5.41, 5.74) is 3.86. The Morgan fingerprint density at radius 3 is 2.21 bits per heavy atom. The van der Waals surface area contributed by atoms with Gasteiger partial charge in [-0.2, -0.15) is 0 Å². The highest BCUT2D eigenvalue weighted by Gasteiger charge is 2.30. The Morgan fingerprint density at radius 1 is 0.952 bits per heavy atom. The van der Waals surface area contributed by atoms with E-state index in [0.29, 0.717) is 13.2 Å². The molecule has 2 aromatic rings. The molecular formula is C37H53FN2O2. The van der Waals surface area contributed by atoms with E-state index in [9.17, 15) is 9.18 Å². The number of aliphatic imine (C=N–C) groups is 1. The first kappa shape index (κ1) is 33.6. The van der Waals surface area contributed by atoms with Crippen LogP contribution < -0.4 is 9.64 Å². The third-order valence-corrected chi connectivity index (χ3v) is 8.66. The lowest BCUT2D eigenvalue weighted by molar-refractivity contribution is -0.116. The summed E-state index contributed by atoms with van der Waals surface area (Å²) < 4.78 is 20.8. The van der Waals surface area contributed by atoms with Crippen molar-refractivity contribution in [2.45, 2.75) is 118 Å². The van der Waals surface area contributed by atoms with E-state index >= 15 is 0 Å². The highest BCUT2D eigenvalue weighted by Crippen LogP contribution is 2.36. The van der Waals surface area contributed by atoms with Crippen LogP contribution in [0.1, 0.15) is 116 Å². The number of carbonyl (C=O) groups is 1. The van der Waals surface area contributed by atoms with Crippen molar-refractivity contribution in [3.05, 3.63) is 71.1 Å². The average molecular weight is 577 g/mol. The van der Waals surface area contributed by atoms with E-state index in [1.807, 2.05) is 30.5 Å². The second kappa shape index (κ2) is 17.9. The standard InChI is InChI=1S/C37H53FN2O2/c1-5-6-7-8-9-10-11-12-13-14-15-18-25-42-36-22-21-32(26-34(36)38)28-40(31(3)41)35-20-17-16-19-33(35)27-37(4)29-39-24-23-30(37)2/h16-17,19-24,26H,5-15,18,25,27-29H2,1-4H3. The fourth-order valence-electron chi connectivity index (χ4n) is 5.72. The zero-order valence-corrected chi connectivity index (χ0v) is 26.6. The molecule has 1 aliphatic heterocycles. The molecule has 1 atom stereocenters. The average Bonchev–Trinajstić information content (AvgIpc) is 2.97. The molecule has 1 unspecified atom stereocenters. The fourth-order valence-corrected chi connectivity index (χ4v) is 5.72. The molecule has 0 saturated carbocycles. The predicted molar refractivity (Wildman–Crippen MR) is 175 cm³/mol. The molecule has 0 aliphatic carbocycles. The SMILES string of the molecule is CCCCCCCCCCCCCCOc1ccc(CN(C(C)=O)c2ccccc2CC2(C)CN=CC=C2C)cc1F. The second-order valence-corrected chi connectivity index (χ2v) is 12.3. The number of ether oxygens (including phenoxy) is 1. The minimum Gasteiger partial charge on any atom is -0.491 e. The number of hydrogen-bond acceptors (Lipinski definition) is 3. The van der Waals surface area contributed by atoms with Gasteiger partial charge in [0.05, 0.1) is 13.2 Å². The smallest absolute Gasteiger partial charge is 0.224 e. The van der Waals surface area contributed by atoms with Crippen LogP contribution in [0.5, 0.6) is 5.75 Å². The first-order valence-corrected chi connectivity index (χ1v) is 16.3. The molecular weight excluding hydrogens is 523 g/mol. The molecule has 0 bridgehead atoms. The maximum Gasteiger partial charge on any atom is 0.224 e. The van der Waals surface area contributed by atoms with Crippen molar-refractivity contribution in [1.29, 1.82) is 0 Å². The third kappa shape index (κ3) is 10.7. The number of hydrogen-bond donors (Lipinski definition) is 0. The van der Waals surface area contributed by atoms with Crippen molar-refractivity contribution in [2.24, 2.45) is 10.4 Å². The highest BCUT2D eigenvalue weighted by molar-refractivity contribution is 5.92. The van der Waals surface area contributed by atoms with Gasteiger partial charge in [-0.1, -0.05) is 114 Å². The van der Waals surface area contributed by atoms with Crippen molar-refractivity contribution in [3.8, 4) is 5.75 Å². The number of unbranched alkanes of at least 4 members (excludes halogenated alkanes) is 11. The number of para-hydroxylation sites is 1. The van der Waals surface area contributed by atoms with Gasteiger partial charge in [-0.05, 0) is 55.2 Å². The Hall–Kier alpha value is -2.95. The number of halogens is 1. The number of amides is 1. The Labute approximate surface area is 254 Å². The number of anilines is 1. The molecule has 1 aliphatic rings. The normalized spacial score (nSPS) is 16.4. The van der Waals surface area contributed by atoms with E-state index in [1.165, 1.54) is 75.8 Å². The van der Waals surface area contributed by atoms with Gasteiger partial charge in [0.25, 0.3) is 0 Å². The Kier molecular flexibility index (Phi) is 14.3. The van der Waals surface area contributed by atoms with Gasteiger partial charge in [0.1, 0.15) is 0 Å². The van der Waals surface area contributed by atoms with E-state index in [-0.39, 0.29) is 22.9 Å². The summed E-state index contributed by atoms with van der Waals surface area (Å²) >= 11 is 0. The predicted octanol–water partition coefficient (Wildman–Crippen LogP) is 10.0. The Balaban J connectivity index is 1.47. The number of benzene rings is 2. The van der Waals surface area contributed by atoms with E-state index in [4.69, 9.17) is 4.74 Å². The second-order valence-electron chi connectivity index (χ2n) is 12.3. The Bertz CT molecular complexity index is 1170. The molecule has 0 fully saturated rings. The summed E-state index contributed by atoms with van der Waals surface area (Å²) in [6, 6.07) is 13.1. The maximum absolute atomic E-state index is 15.0. The van der Waals surface area contributed by atoms with Crippen LogP contribution in [0.3, 0.4) is 0 Å². The van der Waals surface area contributed by atoms with Gasteiger partial charge in [-0.25, -0.2) is 4.39 Å². The van der Waals surface area contributed by atoms with Crippen molar-refractivity contribution in [1.82, 2.24) is 0 Å². The first-order valence-electron chi connectivity index (χ1n) is 16.3. The third-order valence-electron chi connectivity index (χ3n) is 8.66. The maximum atomic E-state index is 15.0.